The highest BCUT2D eigenvalue weighted by Gasteiger charge is 2.15. The molecule has 1 aromatic heterocycles. The minimum Gasteiger partial charge on any atom is -0.312 e. The molecule has 2 heterocycles. The van der Waals surface area contributed by atoms with E-state index >= 15 is 0 Å². The molecule has 0 aliphatic carbocycles. The van der Waals surface area contributed by atoms with Gasteiger partial charge in [0.25, 0.3) is 0 Å². The quantitative estimate of drug-likeness (QED) is 0.945. The summed E-state index contributed by atoms with van der Waals surface area (Å²) in [6.45, 7) is 6.62. The molecule has 2 aromatic rings. The van der Waals surface area contributed by atoms with E-state index in [4.69, 9.17) is 0 Å². The minimum absolute atomic E-state index is 0. The second-order valence-corrected chi connectivity index (χ2v) is 5.53. The van der Waals surface area contributed by atoms with Crippen LogP contribution in [-0.2, 0) is 6.54 Å². The zero-order valence-electron chi connectivity index (χ0n) is 12.3. The molecule has 0 radical (unpaired) electrons. The van der Waals surface area contributed by atoms with E-state index in [1.54, 1.807) is 0 Å². The van der Waals surface area contributed by atoms with E-state index < -0.39 is 0 Å². The maximum atomic E-state index is 4.08. The second kappa shape index (κ2) is 7.55. The van der Waals surface area contributed by atoms with Gasteiger partial charge in [-0.3, -0.25) is 9.88 Å². The van der Waals surface area contributed by atoms with Crippen molar-refractivity contribution in [2.75, 3.05) is 19.6 Å². The van der Waals surface area contributed by atoms with E-state index in [0.717, 1.165) is 26.2 Å². The normalized spacial score (nSPS) is 19.0. The molecule has 0 unspecified atom stereocenters. The first-order valence-corrected chi connectivity index (χ1v) is 7.26. The van der Waals surface area contributed by atoms with Crippen molar-refractivity contribution in [3.63, 3.8) is 0 Å². The van der Waals surface area contributed by atoms with E-state index in [1.807, 2.05) is 12.4 Å². The average molecular weight is 304 g/mol. The lowest BCUT2D eigenvalue weighted by Gasteiger charge is -2.31. The summed E-state index contributed by atoms with van der Waals surface area (Å²) in [6, 6.07) is 13.5. The van der Waals surface area contributed by atoms with Crippen molar-refractivity contribution in [3.8, 4) is 11.1 Å². The lowest BCUT2D eigenvalue weighted by molar-refractivity contribution is 0.199. The minimum atomic E-state index is 0. The summed E-state index contributed by atoms with van der Waals surface area (Å²) in [7, 11) is 0. The van der Waals surface area contributed by atoms with Crippen LogP contribution in [0.25, 0.3) is 11.1 Å². The van der Waals surface area contributed by atoms with Crippen LogP contribution < -0.4 is 5.32 Å². The molecule has 3 nitrogen and oxygen atoms in total. The molecule has 0 saturated carbocycles. The standard InChI is InChI=1S/C17H21N3.ClH/c1-14-12-20(10-9-19-14)13-15-3-2-4-17(11-15)16-5-7-18-8-6-16;/h2-8,11,14,19H,9-10,12-13H2,1H3;1H/t14-;/m1./s1. The van der Waals surface area contributed by atoms with Gasteiger partial charge in [0.2, 0.25) is 0 Å². The van der Waals surface area contributed by atoms with Crippen molar-refractivity contribution in [1.82, 2.24) is 15.2 Å². The molecule has 1 saturated heterocycles. The maximum absolute atomic E-state index is 4.08. The second-order valence-electron chi connectivity index (χ2n) is 5.53. The number of hydrogen-bond donors (Lipinski definition) is 1. The van der Waals surface area contributed by atoms with Gasteiger partial charge in [0.15, 0.2) is 0 Å². The Hall–Kier alpha value is -1.42. The molecule has 21 heavy (non-hydrogen) atoms. The fraction of sp³-hybridized carbons (Fsp3) is 0.353. The number of halogens is 1. The molecule has 1 atom stereocenters. The molecule has 0 bridgehead atoms. The number of hydrogen-bond acceptors (Lipinski definition) is 3. The molecule has 1 N–H and O–H groups in total. The van der Waals surface area contributed by atoms with Gasteiger partial charge in [-0.1, -0.05) is 18.2 Å². The van der Waals surface area contributed by atoms with Gasteiger partial charge in [0.05, 0.1) is 0 Å². The van der Waals surface area contributed by atoms with E-state index in [2.05, 4.69) is 58.5 Å². The van der Waals surface area contributed by atoms with Crippen molar-refractivity contribution in [3.05, 3.63) is 54.4 Å². The Morgan fingerprint density at radius 3 is 2.76 bits per heavy atom. The van der Waals surface area contributed by atoms with Crippen LogP contribution in [0.2, 0.25) is 0 Å². The molecule has 1 fully saturated rings. The Bertz CT molecular complexity index is 559. The summed E-state index contributed by atoms with van der Waals surface area (Å²) in [5.41, 5.74) is 3.89. The Morgan fingerprint density at radius 2 is 2.00 bits per heavy atom. The Kier molecular flexibility index (Phi) is 5.74. The van der Waals surface area contributed by atoms with E-state index in [0.29, 0.717) is 6.04 Å². The Labute approximate surface area is 132 Å². The van der Waals surface area contributed by atoms with E-state index in [9.17, 15) is 0 Å². The third-order valence-electron chi connectivity index (χ3n) is 3.80. The van der Waals surface area contributed by atoms with Gasteiger partial charge in [-0.25, -0.2) is 0 Å². The maximum Gasteiger partial charge on any atom is 0.0273 e. The highest BCUT2D eigenvalue weighted by Crippen LogP contribution is 2.20. The third kappa shape index (κ3) is 4.27. The van der Waals surface area contributed by atoms with Crippen LogP contribution in [0.1, 0.15) is 12.5 Å². The number of rotatable bonds is 3. The summed E-state index contributed by atoms with van der Waals surface area (Å²) < 4.78 is 0. The first-order valence-electron chi connectivity index (χ1n) is 7.26. The van der Waals surface area contributed by atoms with Crippen molar-refractivity contribution in [2.24, 2.45) is 0 Å². The third-order valence-corrected chi connectivity index (χ3v) is 3.80. The predicted molar refractivity (Wildman–Crippen MR) is 89.7 cm³/mol. The van der Waals surface area contributed by atoms with Gasteiger partial charge in [-0.2, -0.15) is 0 Å². The van der Waals surface area contributed by atoms with Crippen LogP contribution in [0.3, 0.4) is 0 Å². The van der Waals surface area contributed by atoms with Crippen molar-refractivity contribution in [2.45, 2.75) is 19.5 Å². The number of benzene rings is 1. The van der Waals surface area contributed by atoms with Gasteiger partial charge in [-0.05, 0) is 41.8 Å². The monoisotopic (exact) mass is 303 g/mol. The number of aromatic nitrogens is 1. The summed E-state index contributed by atoms with van der Waals surface area (Å²) in [5.74, 6) is 0. The first-order chi connectivity index (χ1) is 9.81. The number of nitrogens with zero attached hydrogens (tertiary/aromatic N) is 2. The average Bonchev–Trinajstić information content (AvgIpc) is 2.48. The predicted octanol–water partition coefficient (Wildman–Crippen LogP) is 2.96. The highest BCUT2D eigenvalue weighted by molar-refractivity contribution is 5.85. The fourth-order valence-electron chi connectivity index (χ4n) is 2.81. The zero-order valence-corrected chi connectivity index (χ0v) is 13.1. The topological polar surface area (TPSA) is 28.2 Å². The van der Waals surface area contributed by atoms with Gasteiger partial charge in [0, 0.05) is 44.6 Å². The summed E-state index contributed by atoms with van der Waals surface area (Å²) >= 11 is 0. The summed E-state index contributed by atoms with van der Waals surface area (Å²) in [4.78, 5) is 6.60. The number of nitrogens with one attached hydrogen (secondary N) is 1. The molecule has 112 valence electrons. The van der Waals surface area contributed by atoms with Crippen LogP contribution in [0.5, 0.6) is 0 Å². The molecular formula is C17H22ClN3. The molecule has 3 rings (SSSR count). The zero-order chi connectivity index (χ0) is 13.8. The van der Waals surface area contributed by atoms with Crippen LogP contribution in [-0.4, -0.2) is 35.6 Å². The molecule has 0 amide bonds. The van der Waals surface area contributed by atoms with Gasteiger partial charge < -0.3 is 5.32 Å². The van der Waals surface area contributed by atoms with Crippen molar-refractivity contribution >= 4 is 12.4 Å². The highest BCUT2D eigenvalue weighted by atomic mass is 35.5. The summed E-state index contributed by atoms with van der Waals surface area (Å²) in [5, 5.41) is 3.49. The lowest BCUT2D eigenvalue weighted by atomic mass is 10.0. The summed E-state index contributed by atoms with van der Waals surface area (Å²) in [6.07, 6.45) is 3.69. The fourth-order valence-corrected chi connectivity index (χ4v) is 2.81. The lowest BCUT2D eigenvalue weighted by Crippen LogP contribution is -2.48. The molecule has 1 aliphatic heterocycles. The molecule has 1 aromatic carbocycles. The van der Waals surface area contributed by atoms with Gasteiger partial charge in [-0.15, -0.1) is 12.4 Å². The Morgan fingerprint density at radius 1 is 1.19 bits per heavy atom. The van der Waals surface area contributed by atoms with Crippen LogP contribution in [0, 0.1) is 0 Å². The number of piperazine rings is 1. The van der Waals surface area contributed by atoms with Crippen LogP contribution >= 0.6 is 12.4 Å². The van der Waals surface area contributed by atoms with Gasteiger partial charge in [0.1, 0.15) is 0 Å². The molecule has 1 aliphatic rings. The molecule has 4 heteroatoms. The van der Waals surface area contributed by atoms with Crippen molar-refractivity contribution < 1.29 is 0 Å². The van der Waals surface area contributed by atoms with E-state index in [1.165, 1.54) is 16.7 Å². The van der Waals surface area contributed by atoms with Crippen LogP contribution in [0.4, 0.5) is 0 Å². The SMILES string of the molecule is C[C@@H]1CN(Cc2cccc(-c3ccncc3)c2)CCN1.Cl. The smallest absolute Gasteiger partial charge is 0.0273 e. The van der Waals surface area contributed by atoms with Crippen LogP contribution in [0.15, 0.2) is 48.8 Å². The van der Waals surface area contributed by atoms with E-state index in [-0.39, 0.29) is 12.4 Å². The van der Waals surface area contributed by atoms with Gasteiger partial charge >= 0.3 is 0 Å². The largest absolute Gasteiger partial charge is 0.312 e. The molecular weight excluding hydrogens is 282 g/mol. The van der Waals surface area contributed by atoms with Crippen molar-refractivity contribution in [1.29, 1.82) is 0 Å². The Balaban J connectivity index is 0.00000161. The first kappa shape index (κ1) is 16.0. The molecule has 0 spiro atoms. The number of pyridine rings is 1.